The zero-order valence-corrected chi connectivity index (χ0v) is 9.87. The van der Waals surface area contributed by atoms with E-state index >= 15 is 0 Å². The highest BCUT2D eigenvalue weighted by molar-refractivity contribution is 5.91. The molecule has 0 aromatic rings. The zero-order chi connectivity index (χ0) is 11.5. The summed E-state index contributed by atoms with van der Waals surface area (Å²) in [5.41, 5.74) is 0. The second-order valence-corrected chi connectivity index (χ2v) is 4.66. The Bertz CT molecular complexity index is 285. The molecule has 0 aromatic carbocycles. The van der Waals surface area contributed by atoms with Crippen molar-refractivity contribution in [3.8, 4) is 0 Å². The maximum Gasteiger partial charge on any atom is 0.240 e. The van der Waals surface area contributed by atoms with Crippen LogP contribution in [0.1, 0.15) is 39.0 Å². The van der Waals surface area contributed by atoms with Gasteiger partial charge in [0, 0.05) is 13.0 Å². The minimum atomic E-state index is -0.139. The van der Waals surface area contributed by atoms with Crippen LogP contribution in [0, 0.1) is 0 Å². The first-order chi connectivity index (χ1) is 7.74. The highest BCUT2D eigenvalue weighted by Gasteiger charge is 2.36. The van der Waals surface area contributed by atoms with Gasteiger partial charge >= 0.3 is 0 Å². The van der Waals surface area contributed by atoms with Crippen molar-refractivity contribution in [2.75, 3.05) is 13.1 Å². The molecule has 90 valence electrons. The van der Waals surface area contributed by atoms with Crippen LogP contribution in [0.3, 0.4) is 0 Å². The summed E-state index contributed by atoms with van der Waals surface area (Å²) in [4.78, 5) is 25.7. The van der Waals surface area contributed by atoms with Gasteiger partial charge in [-0.05, 0) is 32.2 Å². The Morgan fingerprint density at radius 1 is 1.31 bits per heavy atom. The first kappa shape index (κ1) is 11.6. The SMILES string of the molecule is CCC(=O)C1CCCN1C(=O)C1CCCN1. The van der Waals surface area contributed by atoms with Crippen LogP contribution < -0.4 is 5.32 Å². The number of ketones is 1. The highest BCUT2D eigenvalue weighted by Crippen LogP contribution is 2.21. The molecule has 2 saturated heterocycles. The molecule has 4 nitrogen and oxygen atoms in total. The number of amides is 1. The van der Waals surface area contributed by atoms with Gasteiger partial charge in [0.1, 0.15) is 0 Å². The number of carbonyl (C=O) groups excluding carboxylic acids is 2. The predicted molar refractivity (Wildman–Crippen MR) is 61.1 cm³/mol. The van der Waals surface area contributed by atoms with Crippen molar-refractivity contribution in [1.82, 2.24) is 10.2 Å². The third-order valence-corrected chi connectivity index (χ3v) is 3.61. The van der Waals surface area contributed by atoms with Gasteiger partial charge in [-0.2, -0.15) is 0 Å². The molecule has 0 radical (unpaired) electrons. The fraction of sp³-hybridized carbons (Fsp3) is 0.833. The summed E-state index contributed by atoms with van der Waals surface area (Å²) in [5.74, 6) is 0.352. The summed E-state index contributed by atoms with van der Waals surface area (Å²) in [5, 5.41) is 3.21. The number of rotatable bonds is 3. The normalized spacial score (nSPS) is 29.7. The van der Waals surface area contributed by atoms with Crippen molar-refractivity contribution in [2.24, 2.45) is 0 Å². The van der Waals surface area contributed by atoms with Crippen LogP contribution in [0.25, 0.3) is 0 Å². The van der Waals surface area contributed by atoms with E-state index in [1.54, 1.807) is 4.90 Å². The van der Waals surface area contributed by atoms with Gasteiger partial charge in [-0.3, -0.25) is 9.59 Å². The topological polar surface area (TPSA) is 49.4 Å². The van der Waals surface area contributed by atoms with Crippen molar-refractivity contribution in [3.05, 3.63) is 0 Å². The van der Waals surface area contributed by atoms with E-state index in [1.165, 1.54) is 0 Å². The quantitative estimate of drug-likeness (QED) is 0.768. The molecule has 0 bridgehead atoms. The smallest absolute Gasteiger partial charge is 0.240 e. The molecule has 2 aliphatic heterocycles. The lowest BCUT2D eigenvalue weighted by Crippen LogP contribution is -2.48. The molecule has 16 heavy (non-hydrogen) atoms. The van der Waals surface area contributed by atoms with E-state index in [2.05, 4.69) is 5.32 Å². The maximum absolute atomic E-state index is 12.2. The zero-order valence-electron chi connectivity index (χ0n) is 9.87. The lowest BCUT2D eigenvalue weighted by Gasteiger charge is -2.26. The molecular formula is C12H20N2O2. The molecule has 2 atom stereocenters. The molecule has 1 amide bonds. The molecule has 0 aliphatic carbocycles. The predicted octanol–water partition coefficient (Wildman–Crippen LogP) is 0.708. The Kier molecular flexibility index (Phi) is 3.59. The molecule has 0 saturated carbocycles. The monoisotopic (exact) mass is 224 g/mol. The first-order valence-electron chi connectivity index (χ1n) is 6.30. The molecule has 2 unspecified atom stereocenters. The standard InChI is InChI=1S/C12H20N2O2/c1-2-11(15)10-6-4-8-14(10)12(16)9-5-3-7-13-9/h9-10,13H,2-8H2,1H3. The largest absolute Gasteiger partial charge is 0.331 e. The second kappa shape index (κ2) is 4.95. The number of carbonyl (C=O) groups is 2. The van der Waals surface area contributed by atoms with Gasteiger partial charge in [0.25, 0.3) is 0 Å². The molecule has 2 fully saturated rings. The van der Waals surface area contributed by atoms with E-state index in [1.807, 2.05) is 6.92 Å². The number of hydrogen-bond acceptors (Lipinski definition) is 3. The van der Waals surface area contributed by atoms with Crippen LogP contribution in [0.4, 0.5) is 0 Å². The minimum Gasteiger partial charge on any atom is -0.331 e. The lowest BCUT2D eigenvalue weighted by molar-refractivity contribution is -0.138. The van der Waals surface area contributed by atoms with E-state index in [0.717, 1.165) is 38.8 Å². The maximum atomic E-state index is 12.2. The Hall–Kier alpha value is -0.900. The summed E-state index contributed by atoms with van der Waals surface area (Å²) in [6, 6.07) is -0.176. The third-order valence-electron chi connectivity index (χ3n) is 3.61. The fourth-order valence-corrected chi connectivity index (χ4v) is 2.70. The average Bonchev–Trinajstić information content (AvgIpc) is 2.97. The van der Waals surface area contributed by atoms with Gasteiger partial charge in [-0.1, -0.05) is 6.92 Å². The van der Waals surface area contributed by atoms with Crippen molar-refractivity contribution < 1.29 is 9.59 Å². The number of nitrogens with one attached hydrogen (secondary N) is 1. The summed E-state index contributed by atoms with van der Waals surface area (Å²) in [6.07, 6.45) is 4.34. The van der Waals surface area contributed by atoms with Crippen molar-refractivity contribution in [3.63, 3.8) is 0 Å². The molecular weight excluding hydrogens is 204 g/mol. The number of likely N-dealkylation sites (tertiary alicyclic amines) is 1. The Morgan fingerprint density at radius 3 is 2.75 bits per heavy atom. The van der Waals surface area contributed by atoms with Crippen LogP contribution >= 0.6 is 0 Å². The van der Waals surface area contributed by atoms with E-state index in [0.29, 0.717) is 6.42 Å². The van der Waals surface area contributed by atoms with Crippen LogP contribution in [0.15, 0.2) is 0 Å². The molecule has 2 aliphatic rings. The van der Waals surface area contributed by atoms with E-state index in [4.69, 9.17) is 0 Å². The second-order valence-electron chi connectivity index (χ2n) is 4.66. The lowest BCUT2D eigenvalue weighted by atomic mass is 10.1. The van der Waals surface area contributed by atoms with Crippen molar-refractivity contribution in [2.45, 2.75) is 51.1 Å². The first-order valence-corrected chi connectivity index (χ1v) is 6.30. The van der Waals surface area contributed by atoms with E-state index in [9.17, 15) is 9.59 Å². The summed E-state index contributed by atoms with van der Waals surface area (Å²) < 4.78 is 0. The van der Waals surface area contributed by atoms with E-state index < -0.39 is 0 Å². The molecule has 2 rings (SSSR count). The fourth-order valence-electron chi connectivity index (χ4n) is 2.70. The molecule has 0 aromatic heterocycles. The number of Topliss-reactive ketones (excluding diaryl/α,β-unsaturated/α-hetero) is 1. The van der Waals surface area contributed by atoms with E-state index in [-0.39, 0.29) is 23.8 Å². The van der Waals surface area contributed by atoms with Gasteiger partial charge in [-0.25, -0.2) is 0 Å². The Morgan fingerprint density at radius 2 is 2.12 bits per heavy atom. The third kappa shape index (κ3) is 2.12. The van der Waals surface area contributed by atoms with Gasteiger partial charge in [-0.15, -0.1) is 0 Å². The summed E-state index contributed by atoms with van der Waals surface area (Å²) in [6.45, 7) is 3.56. The summed E-state index contributed by atoms with van der Waals surface area (Å²) >= 11 is 0. The Balaban J connectivity index is 2.01. The Labute approximate surface area is 96.4 Å². The molecule has 2 heterocycles. The van der Waals surface area contributed by atoms with Gasteiger partial charge in [0.05, 0.1) is 12.1 Å². The van der Waals surface area contributed by atoms with Crippen LogP contribution in [0.2, 0.25) is 0 Å². The van der Waals surface area contributed by atoms with Gasteiger partial charge < -0.3 is 10.2 Å². The molecule has 1 N–H and O–H groups in total. The molecule has 0 spiro atoms. The van der Waals surface area contributed by atoms with Gasteiger partial charge in [0.2, 0.25) is 5.91 Å². The van der Waals surface area contributed by atoms with Crippen LogP contribution in [-0.4, -0.2) is 41.8 Å². The van der Waals surface area contributed by atoms with Crippen LogP contribution in [0.5, 0.6) is 0 Å². The average molecular weight is 224 g/mol. The van der Waals surface area contributed by atoms with Crippen molar-refractivity contribution >= 4 is 11.7 Å². The van der Waals surface area contributed by atoms with Crippen molar-refractivity contribution in [1.29, 1.82) is 0 Å². The molecule has 4 heteroatoms. The minimum absolute atomic E-state index is 0.0368. The van der Waals surface area contributed by atoms with Crippen LogP contribution in [-0.2, 0) is 9.59 Å². The van der Waals surface area contributed by atoms with Gasteiger partial charge in [0.15, 0.2) is 5.78 Å². The highest BCUT2D eigenvalue weighted by atomic mass is 16.2. The summed E-state index contributed by atoms with van der Waals surface area (Å²) in [7, 11) is 0. The number of nitrogens with zero attached hydrogens (tertiary/aromatic N) is 1. The number of hydrogen-bond donors (Lipinski definition) is 1.